The first-order chi connectivity index (χ1) is 10.9. The average Bonchev–Trinajstić information content (AvgIpc) is 2.46. The van der Waals surface area contributed by atoms with Crippen LogP contribution in [0.2, 0.25) is 13.6 Å². The smallest absolute Gasteiger partial charge is 0.334 e. The van der Waals surface area contributed by atoms with Gasteiger partial charge in [0.25, 0.3) is 0 Å². The minimum atomic E-state index is -1.39. The standard InChI is InChI=1S/C8H13BrO4.C4H7BrO2.C2H7B/c1-4-12-6(10)8(3,9)7(11)13-5-2;1-3(5)4(6)7-2;1-3-2/h4-5H2,1-3H3;3H,1-2H3;3H,1-2H3/i;;3D. The largest absolute Gasteiger partial charge is 0.468 e. The number of carbonyl (C=O) groups is 3. The van der Waals surface area contributed by atoms with E-state index in [1.54, 1.807) is 20.8 Å². The zero-order valence-corrected chi connectivity index (χ0v) is 17.9. The van der Waals surface area contributed by atoms with Gasteiger partial charge in [0.15, 0.2) is 0 Å². The molecule has 0 rings (SSSR count). The van der Waals surface area contributed by atoms with Gasteiger partial charge in [-0.3, -0.25) is 4.79 Å². The Bertz CT molecular complexity index is 356. The molecule has 0 heterocycles. The molecule has 0 N–H and O–H groups in total. The first kappa shape index (κ1) is 24.7. The van der Waals surface area contributed by atoms with Crippen molar-refractivity contribution in [1.29, 1.82) is 1.34 Å². The summed E-state index contributed by atoms with van der Waals surface area (Å²) in [7, 11) is 1.44. The van der Waals surface area contributed by atoms with E-state index in [-0.39, 0.29) is 31.3 Å². The SMILES string of the molecule is CCOC(=O)C(C)(Br)C(=O)OCC.COC(=O)C(C)Br.[2H]B(C)C. The van der Waals surface area contributed by atoms with Crippen molar-refractivity contribution in [3.63, 3.8) is 0 Å². The topological polar surface area (TPSA) is 78.9 Å². The number of rotatable bonds is 5. The molecular weight excluding hydrogens is 435 g/mol. The van der Waals surface area contributed by atoms with E-state index in [1.165, 1.54) is 14.0 Å². The lowest BCUT2D eigenvalue weighted by molar-refractivity contribution is -0.157. The van der Waals surface area contributed by atoms with Crippen LogP contribution in [0.3, 0.4) is 0 Å². The fourth-order valence-electron chi connectivity index (χ4n) is 0.779. The van der Waals surface area contributed by atoms with Crippen molar-refractivity contribution in [3.8, 4) is 0 Å². The second-order valence-corrected chi connectivity index (χ2v) is 7.12. The first-order valence-corrected chi connectivity index (χ1v) is 8.76. The number of carbonyl (C=O) groups excluding carboxylic acids is 3. The van der Waals surface area contributed by atoms with E-state index in [2.05, 4.69) is 46.1 Å². The van der Waals surface area contributed by atoms with Gasteiger partial charge in [0, 0.05) is 0 Å². The van der Waals surface area contributed by atoms with Crippen molar-refractivity contribution in [2.45, 2.75) is 50.5 Å². The minimum Gasteiger partial charge on any atom is -0.468 e. The number of halogens is 2. The maximum Gasteiger partial charge on any atom is 0.334 e. The Balaban J connectivity index is -0.000000335. The third-order valence-electron chi connectivity index (χ3n) is 1.84. The van der Waals surface area contributed by atoms with Gasteiger partial charge < -0.3 is 14.2 Å². The monoisotopic (exact) mass is 461 g/mol. The fraction of sp³-hybridized carbons (Fsp3) is 0.786. The van der Waals surface area contributed by atoms with Crippen molar-refractivity contribution >= 4 is 57.0 Å². The number of methoxy groups -OCH3 is 1. The van der Waals surface area contributed by atoms with Crippen molar-refractivity contribution in [3.05, 3.63) is 0 Å². The van der Waals surface area contributed by atoms with Gasteiger partial charge in [-0.05, 0) is 29.0 Å². The number of ether oxygens (including phenoxy) is 3. The summed E-state index contributed by atoms with van der Waals surface area (Å²) in [4.78, 5) is 32.5. The van der Waals surface area contributed by atoms with Crippen LogP contribution in [0, 0.1) is 0 Å². The lowest BCUT2D eigenvalue weighted by atomic mass is 9.88. The molecule has 0 fully saturated rings. The minimum absolute atomic E-state index is 0.0833. The quantitative estimate of drug-likeness (QED) is 0.205. The van der Waals surface area contributed by atoms with Crippen molar-refractivity contribution in [2.75, 3.05) is 20.3 Å². The predicted molar refractivity (Wildman–Crippen MR) is 99.9 cm³/mol. The molecule has 1 atom stereocenters. The molecule has 0 radical (unpaired) electrons. The Morgan fingerprint density at radius 3 is 1.61 bits per heavy atom. The van der Waals surface area contributed by atoms with Gasteiger partial charge in [-0.25, -0.2) is 9.59 Å². The molecule has 0 aromatic heterocycles. The summed E-state index contributed by atoms with van der Waals surface area (Å²) in [5.74, 6) is -1.50. The fourth-order valence-corrected chi connectivity index (χ4v) is 1.19. The molecule has 0 bridgehead atoms. The highest BCUT2D eigenvalue weighted by Crippen LogP contribution is 2.21. The van der Waals surface area contributed by atoms with Crippen molar-refractivity contribution < 1.29 is 28.6 Å². The van der Waals surface area contributed by atoms with Gasteiger partial charge in [0.1, 0.15) is 12.1 Å². The summed E-state index contributed by atoms with van der Waals surface area (Å²) in [6.45, 7) is 10.6. The molecule has 0 saturated carbocycles. The van der Waals surface area contributed by atoms with Crippen LogP contribution in [-0.2, 0) is 28.6 Å². The Morgan fingerprint density at radius 1 is 1.17 bits per heavy atom. The van der Waals surface area contributed by atoms with E-state index in [0.717, 1.165) is 0 Å². The number of alkyl halides is 2. The molecule has 136 valence electrons. The molecule has 0 amide bonds. The zero-order chi connectivity index (χ0) is 19.9. The predicted octanol–water partition coefficient (Wildman–Crippen LogP) is 2.73. The molecule has 1 unspecified atom stereocenters. The summed E-state index contributed by atoms with van der Waals surface area (Å²) < 4.78 is 18.9. The molecule has 6 nitrogen and oxygen atoms in total. The molecule has 0 aliphatic carbocycles. The van der Waals surface area contributed by atoms with Crippen LogP contribution in [0.4, 0.5) is 0 Å². The Labute approximate surface area is 157 Å². The third kappa shape index (κ3) is 14.7. The van der Waals surface area contributed by atoms with Gasteiger partial charge in [-0.2, -0.15) is 0 Å². The van der Waals surface area contributed by atoms with E-state index in [1.807, 2.05) is 13.6 Å². The van der Waals surface area contributed by atoms with E-state index in [4.69, 9.17) is 1.34 Å². The lowest BCUT2D eigenvalue weighted by Crippen LogP contribution is -2.40. The highest BCUT2D eigenvalue weighted by Gasteiger charge is 2.41. The maximum atomic E-state index is 11.2. The maximum absolute atomic E-state index is 11.2. The van der Waals surface area contributed by atoms with Crippen LogP contribution >= 0.6 is 31.9 Å². The Hall–Kier alpha value is -0.565. The molecule has 23 heavy (non-hydrogen) atoms. The summed E-state index contributed by atoms with van der Waals surface area (Å²) in [6.07, 6.45) is 0. The molecule has 0 aromatic rings. The van der Waals surface area contributed by atoms with Gasteiger partial charge in [0.05, 0.1) is 20.3 Å². The van der Waals surface area contributed by atoms with E-state index < -0.39 is 16.3 Å². The molecular formula is C14H27BBr2O6. The van der Waals surface area contributed by atoms with E-state index >= 15 is 0 Å². The molecule has 0 spiro atoms. The number of hydrogen-bond acceptors (Lipinski definition) is 6. The first-order valence-electron chi connectivity index (χ1n) is 7.63. The van der Waals surface area contributed by atoms with E-state index in [0.29, 0.717) is 0 Å². The zero-order valence-electron chi connectivity index (χ0n) is 15.8. The summed E-state index contributed by atoms with van der Waals surface area (Å²) in [5, 5.41) is 0. The van der Waals surface area contributed by atoms with Crippen molar-refractivity contribution in [1.82, 2.24) is 0 Å². The summed E-state index contributed by atoms with van der Waals surface area (Å²) in [6, 6.07) is 0. The van der Waals surface area contributed by atoms with E-state index in [9.17, 15) is 14.4 Å². The second kappa shape index (κ2) is 16.3. The molecule has 9 heteroatoms. The summed E-state index contributed by atoms with van der Waals surface area (Å²) in [5.41, 5.74) is 0. The highest BCUT2D eigenvalue weighted by molar-refractivity contribution is 9.10. The van der Waals surface area contributed by atoms with Gasteiger partial charge in [-0.1, -0.05) is 45.5 Å². The Morgan fingerprint density at radius 2 is 1.48 bits per heavy atom. The van der Waals surface area contributed by atoms with Gasteiger partial charge in [-0.15, -0.1) is 0 Å². The van der Waals surface area contributed by atoms with Crippen LogP contribution < -0.4 is 0 Å². The van der Waals surface area contributed by atoms with Gasteiger partial charge >= 0.3 is 17.9 Å². The van der Waals surface area contributed by atoms with Crippen LogP contribution in [0.5, 0.6) is 0 Å². The number of esters is 3. The lowest BCUT2D eigenvalue weighted by Gasteiger charge is -2.17. The highest BCUT2D eigenvalue weighted by atomic mass is 79.9. The van der Waals surface area contributed by atoms with Crippen LogP contribution in [0.15, 0.2) is 0 Å². The normalized spacial score (nSPS) is 11.3. The van der Waals surface area contributed by atoms with Crippen molar-refractivity contribution in [2.24, 2.45) is 0 Å². The third-order valence-corrected chi connectivity index (χ3v) is 2.86. The molecule has 0 aromatic carbocycles. The Kier molecular flexibility index (Phi) is 17.5. The average molecular weight is 463 g/mol. The molecule has 0 aliphatic rings. The van der Waals surface area contributed by atoms with Gasteiger partial charge in [0.2, 0.25) is 4.32 Å². The summed E-state index contributed by atoms with van der Waals surface area (Å²) >= 11 is 5.99. The second-order valence-electron chi connectivity index (χ2n) is 4.16. The van der Waals surface area contributed by atoms with Crippen LogP contribution in [0.1, 0.15) is 27.7 Å². The van der Waals surface area contributed by atoms with Crippen LogP contribution in [0.25, 0.3) is 0 Å². The molecule has 0 aliphatic heterocycles. The molecule has 0 saturated heterocycles. The van der Waals surface area contributed by atoms with Crippen LogP contribution in [-0.4, -0.2) is 56.0 Å². The number of hydrogen-bond donors (Lipinski definition) is 0.